The summed E-state index contributed by atoms with van der Waals surface area (Å²) in [6, 6.07) is 1.92. The van der Waals surface area contributed by atoms with Crippen molar-refractivity contribution in [2.75, 3.05) is 19.7 Å². The van der Waals surface area contributed by atoms with Gasteiger partial charge in [-0.25, -0.2) is 0 Å². The van der Waals surface area contributed by atoms with Crippen LogP contribution < -0.4 is 10.1 Å². The van der Waals surface area contributed by atoms with E-state index in [1.165, 1.54) is 0 Å². The fourth-order valence-electron chi connectivity index (χ4n) is 2.25. The summed E-state index contributed by atoms with van der Waals surface area (Å²) in [5.74, 6) is 1.46. The standard InChI is InChI=1S/C15H23BrN2O2/c1-11(2)6-17-8-13-3-4-14(20-13)10-19-15-5-12(16)7-18-9-15/h5,7,9,11,13-14,17H,3-4,6,8,10H2,1-2H3. The molecule has 20 heavy (non-hydrogen) atoms. The van der Waals surface area contributed by atoms with E-state index in [2.05, 4.69) is 40.1 Å². The monoisotopic (exact) mass is 342 g/mol. The molecule has 2 heterocycles. The van der Waals surface area contributed by atoms with Gasteiger partial charge in [0, 0.05) is 17.2 Å². The van der Waals surface area contributed by atoms with E-state index in [0.29, 0.717) is 18.6 Å². The Kier molecular flexibility index (Phi) is 6.26. The van der Waals surface area contributed by atoms with Gasteiger partial charge in [-0.3, -0.25) is 4.98 Å². The number of aromatic nitrogens is 1. The molecule has 5 heteroatoms. The van der Waals surface area contributed by atoms with Crippen molar-refractivity contribution in [3.8, 4) is 5.75 Å². The molecule has 0 aliphatic carbocycles. The van der Waals surface area contributed by atoms with Gasteiger partial charge in [0.1, 0.15) is 12.4 Å². The normalized spacial score (nSPS) is 22.4. The van der Waals surface area contributed by atoms with Crippen molar-refractivity contribution >= 4 is 15.9 Å². The van der Waals surface area contributed by atoms with E-state index in [9.17, 15) is 0 Å². The largest absolute Gasteiger partial charge is 0.489 e. The lowest BCUT2D eigenvalue weighted by molar-refractivity contribution is 0.0183. The second-order valence-electron chi connectivity index (χ2n) is 5.66. The fraction of sp³-hybridized carbons (Fsp3) is 0.667. The minimum Gasteiger partial charge on any atom is -0.489 e. The van der Waals surface area contributed by atoms with Crippen LogP contribution in [0.2, 0.25) is 0 Å². The zero-order valence-electron chi connectivity index (χ0n) is 12.1. The molecule has 0 spiro atoms. The van der Waals surface area contributed by atoms with Crippen LogP contribution in [0, 0.1) is 5.92 Å². The molecule has 1 N–H and O–H groups in total. The van der Waals surface area contributed by atoms with Crippen LogP contribution in [-0.2, 0) is 4.74 Å². The highest BCUT2D eigenvalue weighted by Crippen LogP contribution is 2.21. The van der Waals surface area contributed by atoms with E-state index in [1.54, 1.807) is 12.4 Å². The van der Waals surface area contributed by atoms with E-state index in [4.69, 9.17) is 9.47 Å². The van der Waals surface area contributed by atoms with Crippen molar-refractivity contribution in [1.29, 1.82) is 0 Å². The minimum absolute atomic E-state index is 0.194. The molecule has 0 saturated carbocycles. The zero-order valence-corrected chi connectivity index (χ0v) is 13.7. The second kappa shape index (κ2) is 7.96. The third kappa shape index (κ3) is 5.38. The topological polar surface area (TPSA) is 43.4 Å². The minimum atomic E-state index is 0.194. The first-order valence-corrected chi connectivity index (χ1v) is 8.02. The molecule has 1 fully saturated rings. The summed E-state index contributed by atoms with van der Waals surface area (Å²) in [4.78, 5) is 4.08. The predicted octanol–water partition coefficient (Wildman–Crippen LogP) is 3.02. The number of nitrogens with one attached hydrogen (secondary N) is 1. The van der Waals surface area contributed by atoms with Gasteiger partial charge in [-0.15, -0.1) is 0 Å². The Balaban J connectivity index is 1.66. The van der Waals surface area contributed by atoms with Crippen molar-refractivity contribution in [3.63, 3.8) is 0 Å². The van der Waals surface area contributed by atoms with E-state index in [-0.39, 0.29) is 6.10 Å². The lowest BCUT2D eigenvalue weighted by Gasteiger charge is -2.16. The van der Waals surface area contributed by atoms with Crippen LogP contribution in [0.4, 0.5) is 0 Å². The van der Waals surface area contributed by atoms with Crippen molar-refractivity contribution in [2.24, 2.45) is 5.92 Å². The molecular formula is C15H23BrN2O2. The molecule has 1 aromatic rings. The molecule has 1 saturated heterocycles. The van der Waals surface area contributed by atoms with Gasteiger partial charge in [-0.05, 0) is 47.3 Å². The van der Waals surface area contributed by atoms with Crippen molar-refractivity contribution < 1.29 is 9.47 Å². The summed E-state index contributed by atoms with van der Waals surface area (Å²) >= 11 is 3.38. The van der Waals surface area contributed by atoms with Gasteiger partial charge in [0.15, 0.2) is 0 Å². The highest BCUT2D eigenvalue weighted by Gasteiger charge is 2.25. The quantitative estimate of drug-likeness (QED) is 0.827. The number of ether oxygens (including phenoxy) is 2. The highest BCUT2D eigenvalue weighted by molar-refractivity contribution is 9.10. The van der Waals surface area contributed by atoms with Gasteiger partial charge in [0.05, 0.1) is 18.4 Å². The molecule has 1 aliphatic rings. The maximum atomic E-state index is 5.98. The molecule has 2 unspecified atom stereocenters. The SMILES string of the molecule is CC(C)CNCC1CCC(COc2cncc(Br)c2)O1. The van der Waals surface area contributed by atoms with Crippen LogP contribution >= 0.6 is 15.9 Å². The predicted molar refractivity (Wildman–Crippen MR) is 83.0 cm³/mol. The molecule has 4 nitrogen and oxygen atoms in total. The number of pyridine rings is 1. The highest BCUT2D eigenvalue weighted by atomic mass is 79.9. The average Bonchev–Trinajstić information content (AvgIpc) is 2.84. The van der Waals surface area contributed by atoms with E-state index in [1.807, 2.05) is 6.07 Å². The van der Waals surface area contributed by atoms with Gasteiger partial charge >= 0.3 is 0 Å². The maximum Gasteiger partial charge on any atom is 0.138 e. The van der Waals surface area contributed by atoms with Crippen molar-refractivity contribution in [1.82, 2.24) is 10.3 Å². The third-order valence-corrected chi connectivity index (χ3v) is 3.67. The van der Waals surface area contributed by atoms with Gasteiger partial charge in [0.2, 0.25) is 0 Å². The molecular weight excluding hydrogens is 320 g/mol. The molecule has 1 aliphatic heterocycles. The Morgan fingerprint density at radius 1 is 1.40 bits per heavy atom. The van der Waals surface area contributed by atoms with Crippen LogP contribution in [0.1, 0.15) is 26.7 Å². The van der Waals surface area contributed by atoms with E-state index >= 15 is 0 Å². The molecule has 2 atom stereocenters. The second-order valence-corrected chi connectivity index (χ2v) is 6.58. The summed E-state index contributed by atoms with van der Waals surface area (Å²) in [5.41, 5.74) is 0. The van der Waals surface area contributed by atoms with Crippen molar-refractivity contribution in [3.05, 3.63) is 22.9 Å². The first-order chi connectivity index (χ1) is 9.63. The lowest BCUT2D eigenvalue weighted by Crippen LogP contribution is -2.30. The molecule has 0 aromatic carbocycles. The Morgan fingerprint density at radius 2 is 2.20 bits per heavy atom. The van der Waals surface area contributed by atoms with Gasteiger partial charge < -0.3 is 14.8 Å². The number of nitrogens with zero attached hydrogens (tertiary/aromatic N) is 1. The van der Waals surface area contributed by atoms with Crippen LogP contribution in [0.25, 0.3) is 0 Å². The first kappa shape index (κ1) is 15.7. The maximum absolute atomic E-state index is 5.98. The molecule has 1 aromatic heterocycles. The van der Waals surface area contributed by atoms with Crippen LogP contribution in [0.5, 0.6) is 5.75 Å². The van der Waals surface area contributed by atoms with Gasteiger partial charge in [0.25, 0.3) is 0 Å². The molecule has 0 amide bonds. The zero-order chi connectivity index (χ0) is 14.4. The molecule has 2 rings (SSSR count). The van der Waals surface area contributed by atoms with Crippen LogP contribution in [-0.4, -0.2) is 36.9 Å². The number of halogens is 1. The van der Waals surface area contributed by atoms with Crippen molar-refractivity contribution in [2.45, 2.75) is 38.9 Å². The third-order valence-electron chi connectivity index (χ3n) is 3.24. The molecule has 112 valence electrons. The number of rotatable bonds is 7. The van der Waals surface area contributed by atoms with E-state index in [0.717, 1.165) is 36.2 Å². The summed E-state index contributed by atoms with van der Waals surface area (Å²) in [6.07, 6.45) is 6.16. The summed E-state index contributed by atoms with van der Waals surface area (Å²) < 4.78 is 12.6. The Labute approximate surface area is 129 Å². The average molecular weight is 343 g/mol. The smallest absolute Gasteiger partial charge is 0.138 e. The Morgan fingerprint density at radius 3 is 2.95 bits per heavy atom. The summed E-state index contributed by atoms with van der Waals surface area (Å²) in [7, 11) is 0. The summed E-state index contributed by atoms with van der Waals surface area (Å²) in [6.45, 7) is 7.01. The van der Waals surface area contributed by atoms with Gasteiger partial charge in [-0.2, -0.15) is 0 Å². The summed E-state index contributed by atoms with van der Waals surface area (Å²) in [5, 5.41) is 3.45. The van der Waals surface area contributed by atoms with Crippen LogP contribution in [0.3, 0.4) is 0 Å². The van der Waals surface area contributed by atoms with E-state index < -0.39 is 0 Å². The van der Waals surface area contributed by atoms with Crippen LogP contribution in [0.15, 0.2) is 22.9 Å². The number of hydrogen-bond acceptors (Lipinski definition) is 4. The van der Waals surface area contributed by atoms with Gasteiger partial charge in [-0.1, -0.05) is 13.8 Å². The molecule has 0 radical (unpaired) electrons. The Bertz CT molecular complexity index is 415. The lowest BCUT2D eigenvalue weighted by atomic mass is 10.2. The fourth-order valence-corrected chi connectivity index (χ4v) is 2.59. The Hall–Kier alpha value is -0.650. The molecule has 0 bridgehead atoms. The first-order valence-electron chi connectivity index (χ1n) is 7.23. The number of hydrogen-bond donors (Lipinski definition) is 1.